The fraction of sp³-hybridized carbons (Fsp3) is 1.00. The Balaban J connectivity index is 0.000000686. The third-order valence-corrected chi connectivity index (χ3v) is 5.23. The van der Waals surface area contributed by atoms with Gasteiger partial charge in [-0.05, 0) is 42.4 Å². The SMILES string of the molecule is CC.CCC1CC2CCCCC2CC1C(C)C. The minimum Gasteiger partial charge on any atom is -0.0683 e. The molecule has 0 N–H and O–H groups in total. The third kappa shape index (κ3) is 3.73. The molecule has 0 aromatic heterocycles. The Kier molecular flexibility index (Phi) is 6.59. The van der Waals surface area contributed by atoms with Crippen molar-refractivity contribution in [1.29, 1.82) is 0 Å². The van der Waals surface area contributed by atoms with Gasteiger partial charge in [-0.2, -0.15) is 0 Å². The van der Waals surface area contributed by atoms with Gasteiger partial charge in [0.2, 0.25) is 0 Å². The topological polar surface area (TPSA) is 0 Å². The summed E-state index contributed by atoms with van der Waals surface area (Å²) in [5.41, 5.74) is 0. The van der Waals surface area contributed by atoms with E-state index in [1.807, 2.05) is 13.8 Å². The second kappa shape index (κ2) is 7.44. The van der Waals surface area contributed by atoms with Crippen LogP contribution in [-0.2, 0) is 0 Å². The molecule has 2 aliphatic rings. The summed E-state index contributed by atoms with van der Waals surface area (Å²) < 4.78 is 0. The van der Waals surface area contributed by atoms with Crippen molar-refractivity contribution >= 4 is 0 Å². The molecule has 0 aromatic carbocycles. The van der Waals surface area contributed by atoms with Crippen LogP contribution in [0.25, 0.3) is 0 Å². The van der Waals surface area contributed by atoms with Crippen molar-refractivity contribution in [3.63, 3.8) is 0 Å². The lowest BCUT2D eigenvalue weighted by atomic mass is 9.60. The molecule has 2 saturated carbocycles. The van der Waals surface area contributed by atoms with Crippen LogP contribution < -0.4 is 0 Å². The molecule has 0 aliphatic heterocycles. The average Bonchev–Trinajstić information content (AvgIpc) is 2.39. The minimum absolute atomic E-state index is 0.915. The van der Waals surface area contributed by atoms with Crippen LogP contribution in [0.3, 0.4) is 0 Å². The Morgan fingerprint density at radius 2 is 1.47 bits per heavy atom. The third-order valence-electron chi connectivity index (χ3n) is 5.23. The second-order valence-electron chi connectivity index (χ2n) is 6.35. The maximum absolute atomic E-state index is 2.44. The maximum atomic E-state index is 2.44. The van der Waals surface area contributed by atoms with Crippen molar-refractivity contribution in [3.8, 4) is 0 Å². The van der Waals surface area contributed by atoms with Crippen LogP contribution >= 0.6 is 0 Å². The van der Waals surface area contributed by atoms with Gasteiger partial charge >= 0.3 is 0 Å². The highest BCUT2D eigenvalue weighted by Crippen LogP contribution is 2.48. The molecule has 0 amide bonds. The van der Waals surface area contributed by atoms with Crippen molar-refractivity contribution in [2.75, 3.05) is 0 Å². The van der Waals surface area contributed by atoms with E-state index in [1.165, 1.54) is 19.3 Å². The summed E-state index contributed by atoms with van der Waals surface area (Å²) in [5.74, 6) is 5.21. The van der Waals surface area contributed by atoms with Gasteiger partial charge in [0.1, 0.15) is 0 Å². The molecule has 2 fully saturated rings. The van der Waals surface area contributed by atoms with Gasteiger partial charge < -0.3 is 0 Å². The highest BCUT2D eigenvalue weighted by molar-refractivity contribution is 4.88. The van der Waals surface area contributed by atoms with Crippen LogP contribution in [0.2, 0.25) is 0 Å². The fourth-order valence-corrected chi connectivity index (χ4v) is 4.30. The van der Waals surface area contributed by atoms with Gasteiger partial charge in [-0.3, -0.25) is 0 Å². The Bertz CT molecular complexity index is 194. The molecule has 0 saturated heterocycles. The van der Waals surface area contributed by atoms with Gasteiger partial charge in [0, 0.05) is 0 Å². The van der Waals surface area contributed by atoms with E-state index in [0.29, 0.717) is 0 Å². The summed E-state index contributed by atoms with van der Waals surface area (Å²) in [7, 11) is 0. The number of rotatable bonds is 2. The van der Waals surface area contributed by atoms with Crippen LogP contribution in [0.4, 0.5) is 0 Å². The molecular formula is C17H34. The Hall–Kier alpha value is 0. The number of fused-ring (bicyclic) bond motifs is 1. The Labute approximate surface area is 110 Å². The molecule has 4 atom stereocenters. The van der Waals surface area contributed by atoms with Gasteiger partial charge in [-0.25, -0.2) is 0 Å². The van der Waals surface area contributed by atoms with E-state index in [2.05, 4.69) is 20.8 Å². The minimum atomic E-state index is 0.915. The number of hydrogen-bond acceptors (Lipinski definition) is 0. The van der Waals surface area contributed by atoms with Crippen LogP contribution in [0.1, 0.15) is 79.6 Å². The van der Waals surface area contributed by atoms with E-state index in [4.69, 9.17) is 0 Å². The fourth-order valence-electron chi connectivity index (χ4n) is 4.30. The summed E-state index contributed by atoms with van der Waals surface area (Å²) in [6.45, 7) is 11.3. The van der Waals surface area contributed by atoms with Crippen LogP contribution in [0.5, 0.6) is 0 Å². The van der Waals surface area contributed by atoms with E-state index in [1.54, 1.807) is 25.7 Å². The standard InChI is InChI=1S/C15H28.C2H6/c1-4-12-9-13-7-5-6-8-14(13)10-15(12)11(2)3;1-2/h11-15H,4-10H2,1-3H3;1-2H3. The highest BCUT2D eigenvalue weighted by Gasteiger charge is 2.38. The first-order valence-corrected chi connectivity index (χ1v) is 8.22. The first-order chi connectivity index (χ1) is 8.22. The van der Waals surface area contributed by atoms with E-state index >= 15 is 0 Å². The molecule has 2 aliphatic carbocycles. The summed E-state index contributed by atoms with van der Waals surface area (Å²) in [5, 5.41) is 0. The highest BCUT2D eigenvalue weighted by atomic mass is 14.4. The molecule has 0 spiro atoms. The van der Waals surface area contributed by atoms with E-state index in [9.17, 15) is 0 Å². The van der Waals surface area contributed by atoms with Crippen molar-refractivity contribution in [3.05, 3.63) is 0 Å². The average molecular weight is 238 g/mol. The quantitative estimate of drug-likeness (QED) is 0.561. The van der Waals surface area contributed by atoms with Crippen molar-refractivity contribution < 1.29 is 0 Å². The summed E-state index contributed by atoms with van der Waals surface area (Å²) in [6, 6.07) is 0. The second-order valence-corrected chi connectivity index (χ2v) is 6.35. The van der Waals surface area contributed by atoms with E-state index < -0.39 is 0 Å². The van der Waals surface area contributed by atoms with Crippen molar-refractivity contribution in [2.45, 2.75) is 79.6 Å². The molecule has 0 aromatic rings. The maximum Gasteiger partial charge on any atom is -0.0360 e. The molecule has 4 unspecified atom stereocenters. The van der Waals surface area contributed by atoms with E-state index in [0.717, 1.165) is 29.6 Å². The lowest BCUT2D eigenvalue weighted by Crippen LogP contribution is -2.35. The van der Waals surface area contributed by atoms with Gasteiger partial charge in [0.25, 0.3) is 0 Å². The molecule has 0 heteroatoms. The smallest absolute Gasteiger partial charge is 0.0360 e. The summed E-state index contributed by atoms with van der Waals surface area (Å²) >= 11 is 0. The normalized spacial score (nSPS) is 37.1. The molecular weight excluding hydrogens is 204 g/mol. The molecule has 2 rings (SSSR count). The zero-order valence-electron chi connectivity index (χ0n) is 12.8. The molecule has 0 radical (unpaired) electrons. The first kappa shape index (κ1) is 15.1. The van der Waals surface area contributed by atoms with Crippen molar-refractivity contribution in [1.82, 2.24) is 0 Å². The van der Waals surface area contributed by atoms with Gasteiger partial charge in [0.15, 0.2) is 0 Å². The summed E-state index contributed by atoms with van der Waals surface area (Å²) in [6.07, 6.45) is 10.7. The van der Waals surface area contributed by atoms with E-state index in [-0.39, 0.29) is 0 Å². The predicted octanol–water partition coefficient (Wildman–Crippen LogP) is 5.91. The molecule has 0 bridgehead atoms. The predicted molar refractivity (Wildman–Crippen MR) is 78.1 cm³/mol. The van der Waals surface area contributed by atoms with Gasteiger partial charge in [-0.15, -0.1) is 0 Å². The molecule has 17 heavy (non-hydrogen) atoms. The molecule has 0 heterocycles. The van der Waals surface area contributed by atoms with Crippen LogP contribution in [-0.4, -0.2) is 0 Å². The Morgan fingerprint density at radius 3 is 1.94 bits per heavy atom. The lowest BCUT2D eigenvalue weighted by Gasteiger charge is -2.45. The lowest BCUT2D eigenvalue weighted by molar-refractivity contribution is 0.0522. The zero-order chi connectivity index (χ0) is 12.8. The number of hydrogen-bond donors (Lipinski definition) is 0. The summed E-state index contributed by atoms with van der Waals surface area (Å²) in [4.78, 5) is 0. The Morgan fingerprint density at radius 1 is 0.941 bits per heavy atom. The van der Waals surface area contributed by atoms with Crippen molar-refractivity contribution in [2.24, 2.45) is 29.6 Å². The van der Waals surface area contributed by atoms with Gasteiger partial charge in [-0.1, -0.05) is 66.7 Å². The first-order valence-electron chi connectivity index (χ1n) is 8.22. The molecule has 0 nitrogen and oxygen atoms in total. The zero-order valence-corrected chi connectivity index (χ0v) is 12.8. The monoisotopic (exact) mass is 238 g/mol. The van der Waals surface area contributed by atoms with Gasteiger partial charge in [0.05, 0.1) is 0 Å². The van der Waals surface area contributed by atoms with Crippen LogP contribution in [0.15, 0.2) is 0 Å². The molecule has 102 valence electrons. The largest absolute Gasteiger partial charge is 0.0683 e. The van der Waals surface area contributed by atoms with Crippen LogP contribution in [0, 0.1) is 29.6 Å².